The molecule has 29 heavy (non-hydrogen) atoms. The number of carbonyl (C=O) groups is 2. The highest BCUT2D eigenvalue weighted by atomic mass is 16.5. The molecule has 7 nitrogen and oxygen atoms in total. The van der Waals surface area contributed by atoms with Crippen LogP contribution in [-0.4, -0.2) is 64.4 Å². The first-order valence-electron chi connectivity index (χ1n) is 10.4. The van der Waals surface area contributed by atoms with Crippen molar-refractivity contribution in [2.45, 2.75) is 62.8 Å². The van der Waals surface area contributed by atoms with E-state index in [2.05, 4.69) is 5.32 Å². The van der Waals surface area contributed by atoms with Crippen LogP contribution in [-0.2, 0) is 9.59 Å². The van der Waals surface area contributed by atoms with Crippen LogP contribution in [0.2, 0.25) is 0 Å². The summed E-state index contributed by atoms with van der Waals surface area (Å²) >= 11 is 0. The number of hydrogen-bond donors (Lipinski definition) is 3. The van der Waals surface area contributed by atoms with E-state index in [9.17, 15) is 14.7 Å². The first-order valence-corrected chi connectivity index (χ1v) is 10.4. The predicted octanol–water partition coefficient (Wildman–Crippen LogP) is 1.10. The van der Waals surface area contributed by atoms with Crippen molar-refractivity contribution in [1.82, 2.24) is 10.2 Å². The van der Waals surface area contributed by atoms with Gasteiger partial charge in [-0.3, -0.25) is 9.59 Å². The molecule has 0 radical (unpaired) electrons. The van der Waals surface area contributed by atoms with Gasteiger partial charge in [-0.05, 0) is 25.0 Å². The van der Waals surface area contributed by atoms with Crippen LogP contribution >= 0.6 is 0 Å². The molecule has 4 rings (SSSR count). The van der Waals surface area contributed by atoms with Crippen LogP contribution < -0.4 is 10.1 Å². The molecule has 0 saturated heterocycles. The highest BCUT2D eigenvalue weighted by Gasteiger charge is 2.51. The van der Waals surface area contributed by atoms with Crippen LogP contribution in [0.25, 0.3) is 0 Å². The second-order valence-electron chi connectivity index (χ2n) is 8.05. The minimum Gasteiger partial charge on any atom is -0.486 e. The summed E-state index contributed by atoms with van der Waals surface area (Å²) in [4.78, 5) is 27.2. The molecule has 7 heteroatoms. The van der Waals surface area contributed by atoms with E-state index in [1.54, 1.807) is 11.0 Å². The van der Waals surface area contributed by atoms with E-state index < -0.39 is 24.2 Å². The summed E-state index contributed by atoms with van der Waals surface area (Å²) in [5.41, 5.74) is 1.34. The lowest BCUT2D eigenvalue weighted by molar-refractivity contribution is -0.138. The minimum atomic E-state index is -0.939. The number of aliphatic hydroxyl groups excluding tert-OH is 2. The summed E-state index contributed by atoms with van der Waals surface area (Å²) in [6, 6.07) is 6.91. The SMILES string of the molecule is CC(=O)N(C1CCCC1)[C@@H]1C=C(C(=O)NCCO)[C@@H]2c3ccccc3O[C@@H]2[C@H]1O. The molecule has 3 aliphatic rings. The summed E-state index contributed by atoms with van der Waals surface area (Å²) in [5.74, 6) is -0.172. The number of rotatable bonds is 5. The molecule has 2 aliphatic carbocycles. The molecule has 2 amide bonds. The lowest BCUT2D eigenvalue weighted by Gasteiger charge is -2.42. The van der Waals surface area contributed by atoms with Crippen LogP contribution in [0.1, 0.15) is 44.1 Å². The summed E-state index contributed by atoms with van der Waals surface area (Å²) in [6.07, 6.45) is 4.07. The lowest BCUT2D eigenvalue weighted by atomic mass is 9.77. The van der Waals surface area contributed by atoms with E-state index in [1.807, 2.05) is 24.3 Å². The summed E-state index contributed by atoms with van der Waals surface area (Å²) < 4.78 is 6.07. The Morgan fingerprint density at radius 3 is 2.66 bits per heavy atom. The zero-order valence-corrected chi connectivity index (χ0v) is 16.6. The summed E-state index contributed by atoms with van der Waals surface area (Å²) in [5, 5.41) is 23.1. The molecule has 0 spiro atoms. The molecular weight excluding hydrogens is 372 g/mol. The van der Waals surface area contributed by atoms with Gasteiger partial charge in [-0.1, -0.05) is 31.0 Å². The monoisotopic (exact) mass is 400 g/mol. The van der Waals surface area contributed by atoms with Crippen LogP contribution in [0.15, 0.2) is 35.9 Å². The van der Waals surface area contributed by atoms with Gasteiger partial charge in [-0.25, -0.2) is 0 Å². The molecule has 0 unspecified atom stereocenters. The molecule has 1 fully saturated rings. The normalized spacial score (nSPS) is 28.2. The lowest BCUT2D eigenvalue weighted by Crippen LogP contribution is -2.57. The van der Waals surface area contributed by atoms with Gasteiger partial charge in [-0.15, -0.1) is 0 Å². The number of nitrogens with one attached hydrogen (secondary N) is 1. The largest absolute Gasteiger partial charge is 0.486 e. The third-order valence-corrected chi connectivity index (χ3v) is 6.28. The summed E-state index contributed by atoms with van der Waals surface area (Å²) in [7, 11) is 0. The third-order valence-electron chi connectivity index (χ3n) is 6.28. The number of amides is 2. The molecule has 0 aromatic heterocycles. The van der Waals surface area contributed by atoms with Gasteiger partial charge in [0.2, 0.25) is 11.8 Å². The maximum atomic E-state index is 12.9. The Bertz CT molecular complexity index is 817. The molecule has 1 heterocycles. The quantitative estimate of drug-likeness (QED) is 0.688. The number of ether oxygens (including phenoxy) is 1. The van der Waals surface area contributed by atoms with Crippen molar-refractivity contribution >= 4 is 11.8 Å². The van der Waals surface area contributed by atoms with Crippen molar-refractivity contribution in [1.29, 1.82) is 0 Å². The Kier molecular flexibility index (Phi) is 5.61. The summed E-state index contributed by atoms with van der Waals surface area (Å²) in [6.45, 7) is 1.50. The first kappa shape index (κ1) is 19.9. The number of aliphatic hydroxyl groups is 2. The Morgan fingerprint density at radius 1 is 1.24 bits per heavy atom. The van der Waals surface area contributed by atoms with Gasteiger partial charge < -0.3 is 25.2 Å². The van der Waals surface area contributed by atoms with E-state index >= 15 is 0 Å². The van der Waals surface area contributed by atoms with E-state index in [0.29, 0.717) is 11.3 Å². The van der Waals surface area contributed by atoms with Crippen LogP contribution in [0.5, 0.6) is 5.75 Å². The van der Waals surface area contributed by atoms with Crippen molar-refractivity contribution in [2.24, 2.45) is 0 Å². The van der Waals surface area contributed by atoms with Gasteiger partial charge in [0, 0.05) is 30.6 Å². The second kappa shape index (κ2) is 8.16. The van der Waals surface area contributed by atoms with Crippen molar-refractivity contribution in [3.63, 3.8) is 0 Å². The van der Waals surface area contributed by atoms with E-state index in [4.69, 9.17) is 9.84 Å². The van der Waals surface area contributed by atoms with Crippen molar-refractivity contribution < 1.29 is 24.5 Å². The fraction of sp³-hybridized carbons (Fsp3) is 0.545. The molecule has 1 saturated carbocycles. The van der Waals surface area contributed by atoms with E-state index in [-0.39, 0.29) is 31.0 Å². The standard InChI is InChI=1S/C22H28N2O5/c1-13(26)24(14-6-2-3-7-14)17-12-16(22(28)23-10-11-25)19-15-8-4-5-9-18(15)29-21(19)20(17)27/h4-5,8-9,12,14,17,19-21,25,27H,2-3,6-7,10-11H2,1H3,(H,23,28)/t17-,19+,20+,21+/m1/s1. The molecule has 1 aliphatic heterocycles. The van der Waals surface area contributed by atoms with Gasteiger partial charge >= 0.3 is 0 Å². The molecule has 1 aromatic rings. The Balaban J connectivity index is 1.75. The van der Waals surface area contributed by atoms with Gasteiger partial charge in [0.05, 0.1) is 18.6 Å². The van der Waals surface area contributed by atoms with Gasteiger partial charge in [0.1, 0.15) is 18.0 Å². The third kappa shape index (κ3) is 3.53. The van der Waals surface area contributed by atoms with Crippen molar-refractivity contribution in [2.75, 3.05) is 13.2 Å². The minimum absolute atomic E-state index is 0.0606. The fourth-order valence-corrected chi connectivity index (χ4v) is 5.05. The number of fused-ring (bicyclic) bond motifs is 3. The fourth-order valence-electron chi connectivity index (χ4n) is 5.05. The average Bonchev–Trinajstić information content (AvgIpc) is 3.36. The number of hydrogen-bond acceptors (Lipinski definition) is 5. The van der Waals surface area contributed by atoms with Crippen LogP contribution in [0, 0.1) is 0 Å². The van der Waals surface area contributed by atoms with Crippen molar-refractivity contribution in [3.05, 3.63) is 41.5 Å². The zero-order valence-electron chi connectivity index (χ0n) is 16.6. The smallest absolute Gasteiger partial charge is 0.247 e. The second-order valence-corrected chi connectivity index (χ2v) is 8.05. The topological polar surface area (TPSA) is 99.1 Å². The Labute approximate surface area is 170 Å². The van der Waals surface area contributed by atoms with E-state index in [0.717, 1.165) is 31.2 Å². The molecular formula is C22H28N2O5. The molecule has 0 bridgehead atoms. The van der Waals surface area contributed by atoms with Gasteiger partial charge in [-0.2, -0.15) is 0 Å². The van der Waals surface area contributed by atoms with E-state index in [1.165, 1.54) is 6.92 Å². The zero-order chi connectivity index (χ0) is 20.5. The Morgan fingerprint density at radius 2 is 1.97 bits per heavy atom. The van der Waals surface area contributed by atoms with Crippen LogP contribution in [0.4, 0.5) is 0 Å². The van der Waals surface area contributed by atoms with Gasteiger partial charge in [0.25, 0.3) is 0 Å². The number of nitrogens with zero attached hydrogens (tertiary/aromatic N) is 1. The van der Waals surface area contributed by atoms with Crippen molar-refractivity contribution in [3.8, 4) is 5.75 Å². The molecule has 4 atom stereocenters. The first-order chi connectivity index (χ1) is 14.0. The predicted molar refractivity (Wildman–Crippen MR) is 106 cm³/mol. The number of carbonyl (C=O) groups excluding carboxylic acids is 2. The molecule has 3 N–H and O–H groups in total. The van der Waals surface area contributed by atoms with Gasteiger partial charge in [0.15, 0.2) is 0 Å². The Hall–Kier alpha value is -2.38. The molecule has 1 aromatic carbocycles. The highest BCUT2D eigenvalue weighted by molar-refractivity contribution is 5.96. The molecule has 156 valence electrons. The maximum absolute atomic E-state index is 12.9. The van der Waals surface area contributed by atoms with Crippen LogP contribution in [0.3, 0.4) is 0 Å². The number of benzene rings is 1. The number of para-hydroxylation sites is 1. The highest BCUT2D eigenvalue weighted by Crippen LogP contribution is 2.47. The maximum Gasteiger partial charge on any atom is 0.247 e. The average molecular weight is 400 g/mol.